The Hall–Kier alpha value is -1.06. The van der Waals surface area contributed by atoms with Crippen LogP contribution in [0.3, 0.4) is 0 Å². The number of rotatable bonds is 2. The Morgan fingerprint density at radius 1 is 1.44 bits per heavy atom. The molecule has 0 aliphatic carbocycles. The van der Waals surface area contributed by atoms with Gasteiger partial charge in [0.05, 0.1) is 5.41 Å². The Labute approximate surface area is 112 Å². The van der Waals surface area contributed by atoms with Crippen molar-refractivity contribution in [1.29, 1.82) is 0 Å². The van der Waals surface area contributed by atoms with E-state index in [1.807, 2.05) is 26.0 Å². The van der Waals surface area contributed by atoms with E-state index in [0.717, 1.165) is 5.56 Å². The van der Waals surface area contributed by atoms with Crippen LogP contribution in [-0.2, 0) is 10.2 Å². The highest BCUT2D eigenvalue weighted by molar-refractivity contribution is 6.30. The van der Waals surface area contributed by atoms with Crippen molar-refractivity contribution in [3.63, 3.8) is 0 Å². The van der Waals surface area contributed by atoms with Gasteiger partial charge in [-0.2, -0.15) is 0 Å². The molecule has 1 fully saturated rings. The van der Waals surface area contributed by atoms with Gasteiger partial charge in [0.25, 0.3) is 0 Å². The minimum absolute atomic E-state index is 0.182. The zero-order chi connectivity index (χ0) is 13.4. The number of aliphatic carboxylic acids is 1. The Bertz CT molecular complexity index is 473. The third-order valence-corrected chi connectivity index (χ3v) is 3.92. The van der Waals surface area contributed by atoms with Gasteiger partial charge in [-0.3, -0.25) is 4.79 Å². The molecule has 1 heterocycles. The van der Waals surface area contributed by atoms with Gasteiger partial charge in [-0.15, -0.1) is 0 Å². The lowest BCUT2D eigenvalue weighted by atomic mass is 9.67. The Balaban J connectivity index is 2.48. The summed E-state index contributed by atoms with van der Waals surface area (Å²) in [4.78, 5) is 11.8. The first-order valence-electron chi connectivity index (χ1n) is 6.10. The number of nitrogens with one attached hydrogen (secondary N) is 1. The van der Waals surface area contributed by atoms with Gasteiger partial charge >= 0.3 is 5.97 Å². The average Bonchev–Trinajstić information content (AvgIpc) is 2.27. The van der Waals surface area contributed by atoms with E-state index in [4.69, 9.17) is 11.6 Å². The number of piperidine rings is 1. The monoisotopic (exact) mass is 267 g/mol. The molecule has 0 bridgehead atoms. The molecule has 18 heavy (non-hydrogen) atoms. The van der Waals surface area contributed by atoms with Crippen LogP contribution in [-0.4, -0.2) is 23.2 Å². The van der Waals surface area contributed by atoms with Crippen molar-refractivity contribution >= 4 is 17.6 Å². The molecule has 0 spiro atoms. The van der Waals surface area contributed by atoms with Crippen molar-refractivity contribution in [3.05, 3.63) is 34.9 Å². The maximum absolute atomic E-state index is 11.8. The van der Waals surface area contributed by atoms with Crippen LogP contribution in [0.25, 0.3) is 0 Å². The molecule has 1 aromatic carbocycles. The number of hydrogen-bond donors (Lipinski definition) is 2. The van der Waals surface area contributed by atoms with Crippen molar-refractivity contribution in [1.82, 2.24) is 5.32 Å². The molecule has 0 aromatic heterocycles. The van der Waals surface area contributed by atoms with Crippen LogP contribution in [0.1, 0.15) is 32.3 Å². The molecule has 4 heteroatoms. The van der Waals surface area contributed by atoms with Crippen LogP contribution >= 0.6 is 11.6 Å². The maximum Gasteiger partial charge on any atom is 0.314 e. The fourth-order valence-corrected chi connectivity index (χ4v) is 3.05. The Kier molecular flexibility index (Phi) is 3.39. The average molecular weight is 268 g/mol. The van der Waals surface area contributed by atoms with E-state index in [1.165, 1.54) is 0 Å². The third kappa shape index (κ3) is 2.38. The van der Waals surface area contributed by atoms with E-state index in [-0.39, 0.29) is 5.54 Å². The molecule has 0 amide bonds. The molecule has 0 radical (unpaired) electrons. The second kappa shape index (κ2) is 4.56. The summed E-state index contributed by atoms with van der Waals surface area (Å²) < 4.78 is 0. The predicted octanol–water partition coefficient (Wildman–Crippen LogP) is 2.82. The van der Waals surface area contributed by atoms with Gasteiger partial charge in [-0.05, 0) is 50.9 Å². The van der Waals surface area contributed by atoms with Gasteiger partial charge in [0.15, 0.2) is 0 Å². The van der Waals surface area contributed by atoms with E-state index in [9.17, 15) is 9.90 Å². The molecule has 1 atom stereocenters. The second-order valence-corrected chi connectivity index (χ2v) is 6.07. The number of benzene rings is 1. The summed E-state index contributed by atoms with van der Waals surface area (Å²) in [6, 6.07) is 7.22. The second-order valence-electron chi connectivity index (χ2n) is 5.64. The molecule has 0 saturated carbocycles. The van der Waals surface area contributed by atoms with Gasteiger partial charge in [-0.25, -0.2) is 0 Å². The first kappa shape index (κ1) is 13.4. The molecule has 1 unspecified atom stereocenters. The fraction of sp³-hybridized carbons (Fsp3) is 0.500. The quantitative estimate of drug-likeness (QED) is 0.866. The van der Waals surface area contributed by atoms with Crippen LogP contribution in [0.5, 0.6) is 0 Å². The molecule has 1 aromatic rings. The number of carboxylic acids is 1. The molecular weight excluding hydrogens is 250 g/mol. The molecule has 2 N–H and O–H groups in total. The van der Waals surface area contributed by atoms with Crippen LogP contribution in [0.2, 0.25) is 5.02 Å². The standard InChI is InChI=1S/C14H18ClNO2/c1-13(2)9-14(12(17)18,6-7-16-13)10-4-3-5-11(15)8-10/h3-5,8,16H,6-7,9H2,1-2H3,(H,17,18). The molecule has 1 aliphatic heterocycles. The fourth-order valence-electron chi connectivity index (χ4n) is 2.86. The lowest BCUT2D eigenvalue weighted by Crippen LogP contribution is -2.55. The minimum Gasteiger partial charge on any atom is -0.481 e. The topological polar surface area (TPSA) is 49.3 Å². The summed E-state index contributed by atoms with van der Waals surface area (Å²) in [5.41, 5.74) is -0.212. The minimum atomic E-state index is -0.834. The summed E-state index contributed by atoms with van der Waals surface area (Å²) in [6.07, 6.45) is 1.15. The summed E-state index contributed by atoms with van der Waals surface area (Å²) in [5.74, 6) is -0.764. The van der Waals surface area contributed by atoms with Crippen molar-refractivity contribution in [2.75, 3.05) is 6.54 Å². The van der Waals surface area contributed by atoms with Gasteiger partial charge in [0.2, 0.25) is 0 Å². The summed E-state index contributed by atoms with van der Waals surface area (Å²) in [7, 11) is 0. The van der Waals surface area contributed by atoms with Crippen molar-refractivity contribution < 1.29 is 9.90 Å². The summed E-state index contributed by atoms with van der Waals surface area (Å²) in [5, 5.41) is 13.6. The summed E-state index contributed by atoms with van der Waals surface area (Å²) >= 11 is 5.99. The zero-order valence-electron chi connectivity index (χ0n) is 10.7. The lowest BCUT2D eigenvalue weighted by molar-refractivity contribution is -0.146. The van der Waals surface area contributed by atoms with E-state index in [0.29, 0.717) is 24.4 Å². The van der Waals surface area contributed by atoms with E-state index in [2.05, 4.69) is 5.32 Å². The Morgan fingerprint density at radius 2 is 2.17 bits per heavy atom. The number of carboxylic acid groups (broad SMARTS) is 1. The maximum atomic E-state index is 11.8. The van der Waals surface area contributed by atoms with Crippen molar-refractivity contribution in [2.24, 2.45) is 0 Å². The first-order valence-corrected chi connectivity index (χ1v) is 6.48. The van der Waals surface area contributed by atoms with Crippen LogP contribution in [0.4, 0.5) is 0 Å². The largest absolute Gasteiger partial charge is 0.481 e. The smallest absolute Gasteiger partial charge is 0.314 e. The SMILES string of the molecule is CC1(C)CC(C(=O)O)(c2cccc(Cl)c2)CCN1. The summed E-state index contributed by atoms with van der Waals surface area (Å²) in [6.45, 7) is 4.77. The van der Waals surface area contributed by atoms with Crippen molar-refractivity contribution in [3.8, 4) is 0 Å². The van der Waals surface area contributed by atoms with Crippen LogP contribution < -0.4 is 5.32 Å². The molecule has 3 nitrogen and oxygen atoms in total. The van der Waals surface area contributed by atoms with Gasteiger partial charge < -0.3 is 10.4 Å². The van der Waals surface area contributed by atoms with E-state index < -0.39 is 11.4 Å². The molecule has 1 aliphatic rings. The molecule has 98 valence electrons. The number of halogens is 1. The van der Waals surface area contributed by atoms with Crippen LogP contribution in [0, 0.1) is 0 Å². The Morgan fingerprint density at radius 3 is 2.72 bits per heavy atom. The number of hydrogen-bond acceptors (Lipinski definition) is 2. The first-order chi connectivity index (χ1) is 8.36. The van der Waals surface area contributed by atoms with Crippen LogP contribution in [0.15, 0.2) is 24.3 Å². The predicted molar refractivity (Wildman–Crippen MR) is 72.1 cm³/mol. The van der Waals surface area contributed by atoms with Crippen molar-refractivity contribution in [2.45, 2.75) is 37.6 Å². The molecular formula is C14H18ClNO2. The highest BCUT2D eigenvalue weighted by Gasteiger charge is 2.47. The normalized spacial score (nSPS) is 26.8. The zero-order valence-corrected chi connectivity index (χ0v) is 11.4. The third-order valence-electron chi connectivity index (χ3n) is 3.69. The van der Waals surface area contributed by atoms with Gasteiger partial charge in [0, 0.05) is 10.6 Å². The highest BCUT2D eigenvalue weighted by Crippen LogP contribution is 2.40. The van der Waals surface area contributed by atoms with Gasteiger partial charge in [-0.1, -0.05) is 23.7 Å². The molecule has 1 saturated heterocycles. The van der Waals surface area contributed by atoms with E-state index in [1.54, 1.807) is 12.1 Å². The highest BCUT2D eigenvalue weighted by atomic mass is 35.5. The molecule has 2 rings (SSSR count). The van der Waals surface area contributed by atoms with E-state index >= 15 is 0 Å². The number of carbonyl (C=O) groups is 1. The van der Waals surface area contributed by atoms with Gasteiger partial charge in [0.1, 0.15) is 0 Å². The lowest BCUT2D eigenvalue weighted by Gasteiger charge is -2.43.